The minimum absolute atomic E-state index is 0.345. The van der Waals surface area contributed by atoms with Gasteiger partial charge in [-0.25, -0.2) is 9.37 Å². The van der Waals surface area contributed by atoms with Crippen LogP contribution in [0.2, 0.25) is 0 Å². The van der Waals surface area contributed by atoms with E-state index in [0.29, 0.717) is 36.7 Å². The molecule has 2 saturated heterocycles. The summed E-state index contributed by atoms with van der Waals surface area (Å²) in [6.45, 7) is 2.80. The number of amidine groups is 1. The van der Waals surface area contributed by atoms with E-state index in [9.17, 15) is 9.50 Å². The lowest BCUT2D eigenvalue weighted by atomic mass is 9.80. The number of hydrogen-bond donors (Lipinski definition) is 1. The zero-order valence-corrected chi connectivity index (χ0v) is 20.1. The van der Waals surface area contributed by atoms with E-state index in [2.05, 4.69) is 16.2 Å². The van der Waals surface area contributed by atoms with Gasteiger partial charge in [0.25, 0.3) is 5.72 Å². The van der Waals surface area contributed by atoms with Crippen LogP contribution < -0.4 is 4.74 Å². The number of aliphatic hydroxyl groups excluding tert-OH is 1. The van der Waals surface area contributed by atoms with Crippen molar-refractivity contribution in [2.45, 2.75) is 31.1 Å². The van der Waals surface area contributed by atoms with Gasteiger partial charge >= 0.3 is 0 Å². The first-order chi connectivity index (χ1) is 17.4. The highest BCUT2D eigenvalue weighted by atomic mass is 19.1. The van der Waals surface area contributed by atoms with Crippen molar-refractivity contribution in [2.75, 3.05) is 26.9 Å². The molecule has 1 N–H and O–H groups in total. The number of fused-ring (bicyclic) bond motifs is 1. The average molecular weight is 491 g/mol. The second-order valence-corrected chi connectivity index (χ2v) is 9.52. The van der Waals surface area contributed by atoms with Gasteiger partial charge < -0.3 is 28.9 Å². The van der Waals surface area contributed by atoms with Gasteiger partial charge in [-0.15, -0.1) is 0 Å². The topological polar surface area (TPSA) is 81.3 Å². The number of halogens is 1. The third-order valence-corrected chi connectivity index (χ3v) is 7.23. The number of aliphatic hydroxyl groups is 1. The van der Waals surface area contributed by atoms with Crippen LogP contribution in [0.4, 0.5) is 4.39 Å². The van der Waals surface area contributed by atoms with Crippen LogP contribution in [0, 0.1) is 12.7 Å². The summed E-state index contributed by atoms with van der Waals surface area (Å²) >= 11 is 0. The minimum Gasteiger partial charge on any atom is -0.495 e. The van der Waals surface area contributed by atoms with E-state index in [1.54, 1.807) is 25.6 Å². The number of methoxy groups -OCH3 is 1. The molecule has 2 unspecified atom stereocenters. The highest BCUT2D eigenvalue weighted by molar-refractivity contribution is 6.04. The van der Waals surface area contributed by atoms with Crippen molar-refractivity contribution in [3.8, 4) is 11.4 Å². The average Bonchev–Trinajstić information content (AvgIpc) is 3.47. The van der Waals surface area contributed by atoms with Crippen LogP contribution in [0.15, 0.2) is 65.7 Å². The smallest absolute Gasteiger partial charge is 0.260 e. The van der Waals surface area contributed by atoms with Crippen LogP contribution in [0.5, 0.6) is 5.75 Å². The third-order valence-electron chi connectivity index (χ3n) is 7.23. The zero-order valence-electron chi connectivity index (χ0n) is 20.1. The second-order valence-electron chi connectivity index (χ2n) is 9.52. The van der Waals surface area contributed by atoms with Crippen LogP contribution in [0.1, 0.15) is 29.7 Å². The SMILES string of the molecule is COc1cc(C=C2CC3(CCO3)CN3C2=NOC3(CO)c2ccc(F)cc2)ccc1-n1cnc(C)c1. The predicted molar refractivity (Wildman–Crippen MR) is 131 cm³/mol. The standard InChI is InChI=1S/C27H27FN4O4/c1-18-14-31(17-29-18)23-8-3-19(12-24(23)34-2)11-20-13-26(9-10-35-26)15-32-25(20)30-36-27(32,16-33)21-4-6-22(28)7-5-21/h3-8,11-12,14,17,33H,9-10,13,15-16H2,1-2H3. The number of benzene rings is 2. The number of nitrogens with zero attached hydrogens (tertiary/aromatic N) is 4. The highest BCUT2D eigenvalue weighted by Gasteiger charge is 2.56. The molecule has 6 rings (SSSR count). The van der Waals surface area contributed by atoms with Gasteiger partial charge in [0.05, 0.1) is 43.6 Å². The fourth-order valence-electron chi connectivity index (χ4n) is 5.24. The molecule has 3 aromatic rings. The van der Waals surface area contributed by atoms with Crippen molar-refractivity contribution >= 4 is 11.9 Å². The van der Waals surface area contributed by atoms with Crippen molar-refractivity contribution in [3.05, 3.63) is 83.2 Å². The maximum atomic E-state index is 13.6. The Morgan fingerprint density at radius 3 is 2.67 bits per heavy atom. The summed E-state index contributed by atoms with van der Waals surface area (Å²) in [6, 6.07) is 11.9. The van der Waals surface area contributed by atoms with E-state index < -0.39 is 11.3 Å². The molecule has 1 aromatic heterocycles. The Labute approximate surface area is 208 Å². The Morgan fingerprint density at radius 2 is 2.03 bits per heavy atom. The number of oxime groups is 1. The van der Waals surface area contributed by atoms with Crippen LogP contribution in [0.3, 0.4) is 0 Å². The number of hydrogen-bond acceptors (Lipinski definition) is 7. The monoisotopic (exact) mass is 490 g/mol. The fourth-order valence-corrected chi connectivity index (χ4v) is 5.24. The molecule has 0 bridgehead atoms. The Morgan fingerprint density at radius 1 is 1.22 bits per heavy atom. The summed E-state index contributed by atoms with van der Waals surface area (Å²) in [5, 5.41) is 14.9. The largest absolute Gasteiger partial charge is 0.495 e. The summed E-state index contributed by atoms with van der Waals surface area (Å²) in [4.78, 5) is 12.2. The van der Waals surface area contributed by atoms with Gasteiger partial charge in [0, 0.05) is 30.2 Å². The van der Waals surface area contributed by atoms with E-state index >= 15 is 0 Å². The molecule has 1 spiro atoms. The summed E-state index contributed by atoms with van der Waals surface area (Å²) in [5.41, 5.74) is 2.68. The molecule has 186 valence electrons. The molecule has 36 heavy (non-hydrogen) atoms. The van der Waals surface area contributed by atoms with E-state index in [-0.39, 0.29) is 12.4 Å². The minimum atomic E-state index is -1.24. The van der Waals surface area contributed by atoms with Gasteiger partial charge in [0.2, 0.25) is 0 Å². The first-order valence-corrected chi connectivity index (χ1v) is 11.9. The Hall–Kier alpha value is -3.69. The van der Waals surface area contributed by atoms with Gasteiger partial charge in [0.1, 0.15) is 18.2 Å². The Kier molecular flexibility index (Phi) is 5.35. The second kappa shape index (κ2) is 8.46. The maximum absolute atomic E-state index is 13.6. The molecule has 8 nitrogen and oxygen atoms in total. The molecule has 2 aromatic carbocycles. The summed E-state index contributed by atoms with van der Waals surface area (Å²) < 4.78 is 27.3. The van der Waals surface area contributed by atoms with Crippen LogP contribution in [-0.2, 0) is 15.3 Å². The predicted octanol–water partition coefficient (Wildman–Crippen LogP) is 3.77. The van der Waals surface area contributed by atoms with Crippen LogP contribution in [-0.4, -0.2) is 57.9 Å². The Balaban J connectivity index is 1.39. The molecule has 2 fully saturated rings. The number of piperidine rings is 1. The third kappa shape index (κ3) is 3.58. The first-order valence-electron chi connectivity index (χ1n) is 11.9. The summed E-state index contributed by atoms with van der Waals surface area (Å²) in [6.07, 6.45) is 7.32. The Bertz CT molecular complexity index is 1360. The summed E-state index contributed by atoms with van der Waals surface area (Å²) in [5.74, 6) is 1.000. The molecule has 0 saturated carbocycles. The molecule has 0 amide bonds. The maximum Gasteiger partial charge on any atom is 0.260 e. The molecule has 3 aliphatic heterocycles. The van der Waals surface area contributed by atoms with E-state index in [1.807, 2.05) is 40.8 Å². The van der Waals surface area contributed by atoms with Crippen molar-refractivity contribution < 1.29 is 23.8 Å². The lowest BCUT2D eigenvalue weighted by molar-refractivity contribution is -0.197. The zero-order chi connectivity index (χ0) is 24.9. The van der Waals surface area contributed by atoms with Crippen LogP contribution >= 0.6 is 0 Å². The molecular formula is C27H27FN4O4. The highest BCUT2D eigenvalue weighted by Crippen LogP contribution is 2.47. The number of ether oxygens (including phenoxy) is 2. The van der Waals surface area contributed by atoms with Crippen molar-refractivity contribution in [3.63, 3.8) is 0 Å². The molecule has 3 aliphatic rings. The van der Waals surface area contributed by atoms with Crippen molar-refractivity contribution in [1.29, 1.82) is 0 Å². The molecular weight excluding hydrogens is 463 g/mol. The van der Waals surface area contributed by atoms with Crippen molar-refractivity contribution in [2.24, 2.45) is 5.16 Å². The van der Waals surface area contributed by atoms with Gasteiger partial charge in [-0.05, 0) is 55.0 Å². The molecule has 0 aliphatic carbocycles. The number of rotatable bonds is 5. The molecule has 9 heteroatoms. The molecule has 4 heterocycles. The van der Waals surface area contributed by atoms with E-state index in [1.165, 1.54) is 12.1 Å². The van der Waals surface area contributed by atoms with Crippen molar-refractivity contribution in [1.82, 2.24) is 14.5 Å². The van der Waals surface area contributed by atoms with Gasteiger partial charge in [-0.1, -0.05) is 11.2 Å². The number of aryl methyl sites for hydroxylation is 1. The molecule has 0 radical (unpaired) electrons. The normalized spacial score (nSPS) is 25.9. The number of imidazole rings is 1. The van der Waals surface area contributed by atoms with E-state index in [4.69, 9.17) is 14.3 Å². The van der Waals surface area contributed by atoms with Gasteiger partial charge in [0.15, 0.2) is 5.84 Å². The first kappa shape index (κ1) is 22.8. The van der Waals surface area contributed by atoms with E-state index in [0.717, 1.165) is 28.9 Å². The fraction of sp³-hybridized carbons (Fsp3) is 0.333. The number of aromatic nitrogens is 2. The quantitative estimate of drug-likeness (QED) is 0.587. The van der Waals surface area contributed by atoms with Crippen LogP contribution in [0.25, 0.3) is 11.8 Å². The lowest BCUT2D eigenvalue weighted by Crippen LogP contribution is -2.62. The van der Waals surface area contributed by atoms with Gasteiger partial charge in [-0.3, -0.25) is 0 Å². The summed E-state index contributed by atoms with van der Waals surface area (Å²) in [7, 11) is 1.65. The molecule has 2 atom stereocenters. The van der Waals surface area contributed by atoms with Gasteiger partial charge in [-0.2, -0.15) is 0 Å². The lowest BCUT2D eigenvalue weighted by Gasteiger charge is -2.51.